The molecule has 1 aromatic carbocycles. The number of rotatable bonds is 7. The Hall–Kier alpha value is -1.34. The minimum atomic E-state index is -2.84. The number of alkyl halides is 4. The van der Waals surface area contributed by atoms with Gasteiger partial charge in [-0.1, -0.05) is 12.1 Å². The van der Waals surface area contributed by atoms with Crippen molar-refractivity contribution >= 4 is 0 Å². The second-order valence-corrected chi connectivity index (χ2v) is 7.04. The fourth-order valence-corrected chi connectivity index (χ4v) is 3.48. The molecule has 2 fully saturated rings. The van der Waals surface area contributed by atoms with Crippen molar-refractivity contribution in [2.45, 2.75) is 57.3 Å². The number of ether oxygens (including phenoxy) is 1. The number of hydrogen-bond donors (Lipinski definition) is 1. The molecular weight excluding hydrogens is 336 g/mol. The molecule has 2 atom stereocenters. The van der Waals surface area contributed by atoms with E-state index >= 15 is 0 Å². The normalized spacial score (nSPS) is 23.4. The quantitative estimate of drug-likeness (QED) is 0.729. The third-order valence-corrected chi connectivity index (χ3v) is 4.95. The third kappa shape index (κ3) is 5.07. The molecular formula is C18H24F4N2O. The molecule has 0 amide bonds. The summed E-state index contributed by atoms with van der Waals surface area (Å²) in [4.78, 5) is 1.78. The van der Waals surface area contributed by atoms with Gasteiger partial charge in [0.1, 0.15) is 5.75 Å². The molecule has 1 N–H and O–H groups in total. The van der Waals surface area contributed by atoms with Crippen LogP contribution in [0.1, 0.15) is 44.2 Å². The Morgan fingerprint density at radius 3 is 2.44 bits per heavy atom. The predicted octanol–water partition coefficient (Wildman–Crippen LogP) is 4.41. The molecule has 0 spiro atoms. The number of benzene rings is 1. The summed E-state index contributed by atoms with van der Waals surface area (Å²) in [5, 5.41) is 3.47. The highest BCUT2D eigenvalue weighted by molar-refractivity contribution is 5.30. The lowest BCUT2D eigenvalue weighted by Crippen LogP contribution is -2.52. The van der Waals surface area contributed by atoms with Crippen LogP contribution in [0.3, 0.4) is 0 Å². The Morgan fingerprint density at radius 2 is 1.88 bits per heavy atom. The molecule has 1 saturated heterocycles. The first kappa shape index (κ1) is 18.5. The van der Waals surface area contributed by atoms with E-state index in [2.05, 4.69) is 10.1 Å². The Bertz CT molecular complexity index is 563. The summed E-state index contributed by atoms with van der Waals surface area (Å²) in [6, 6.07) is 6.62. The van der Waals surface area contributed by atoms with Crippen molar-refractivity contribution < 1.29 is 22.3 Å². The van der Waals surface area contributed by atoms with Crippen molar-refractivity contribution in [2.75, 3.05) is 13.1 Å². The van der Waals surface area contributed by atoms with Crippen molar-refractivity contribution in [1.82, 2.24) is 10.2 Å². The average molecular weight is 360 g/mol. The van der Waals surface area contributed by atoms with Crippen LogP contribution in [-0.4, -0.2) is 36.7 Å². The molecule has 25 heavy (non-hydrogen) atoms. The van der Waals surface area contributed by atoms with Crippen LogP contribution in [0.4, 0.5) is 17.6 Å². The summed E-state index contributed by atoms with van der Waals surface area (Å²) in [5.74, 6) is -2.05. The summed E-state index contributed by atoms with van der Waals surface area (Å²) in [5.41, 5.74) is 0.972. The highest BCUT2D eigenvalue weighted by Gasteiger charge is 2.39. The first-order valence-electron chi connectivity index (χ1n) is 8.77. The van der Waals surface area contributed by atoms with Gasteiger partial charge in [0.15, 0.2) is 0 Å². The Balaban J connectivity index is 1.65. The maximum absolute atomic E-state index is 13.7. The molecule has 140 valence electrons. The van der Waals surface area contributed by atoms with E-state index < -0.39 is 12.5 Å². The second kappa shape index (κ2) is 7.50. The fourth-order valence-electron chi connectivity index (χ4n) is 3.48. The zero-order valence-corrected chi connectivity index (χ0v) is 14.2. The topological polar surface area (TPSA) is 24.5 Å². The molecule has 1 aliphatic carbocycles. The van der Waals surface area contributed by atoms with E-state index in [9.17, 15) is 17.6 Å². The van der Waals surface area contributed by atoms with Gasteiger partial charge in [-0.25, -0.2) is 8.78 Å². The van der Waals surface area contributed by atoms with Crippen LogP contribution in [0.15, 0.2) is 24.3 Å². The molecule has 2 unspecified atom stereocenters. The van der Waals surface area contributed by atoms with Gasteiger partial charge in [-0.2, -0.15) is 8.78 Å². The zero-order valence-electron chi connectivity index (χ0n) is 14.2. The maximum atomic E-state index is 13.7. The van der Waals surface area contributed by atoms with Crippen LogP contribution in [-0.2, 0) is 0 Å². The Kier molecular flexibility index (Phi) is 5.53. The van der Waals surface area contributed by atoms with Crippen molar-refractivity contribution in [3.63, 3.8) is 0 Å². The zero-order chi connectivity index (χ0) is 18.0. The number of nitrogens with zero attached hydrogens (tertiary/aromatic N) is 1. The Morgan fingerprint density at radius 1 is 1.20 bits per heavy atom. The molecule has 7 heteroatoms. The van der Waals surface area contributed by atoms with Gasteiger partial charge >= 0.3 is 6.61 Å². The van der Waals surface area contributed by atoms with E-state index in [1.807, 2.05) is 6.92 Å². The number of hydrogen-bond acceptors (Lipinski definition) is 3. The van der Waals surface area contributed by atoms with Crippen LogP contribution < -0.4 is 10.1 Å². The highest BCUT2D eigenvalue weighted by atomic mass is 19.3. The van der Waals surface area contributed by atoms with Gasteiger partial charge < -0.3 is 4.74 Å². The van der Waals surface area contributed by atoms with Crippen molar-refractivity contribution in [3.8, 4) is 5.75 Å². The summed E-state index contributed by atoms with van der Waals surface area (Å²) >= 11 is 0. The summed E-state index contributed by atoms with van der Waals surface area (Å²) in [7, 11) is 0. The van der Waals surface area contributed by atoms with Crippen LogP contribution in [0.2, 0.25) is 0 Å². The molecule has 0 aromatic heterocycles. The second-order valence-electron chi connectivity index (χ2n) is 7.04. The van der Waals surface area contributed by atoms with E-state index in [1.165, 1.54) is 12.1 Å². The first-order valence-corrected chi connectivity index (χ1v) is 8.77. The molecule has 0 radical (unpaired) electrons. The number of halogens is 4. The fraction of sp³-hybridized carbons (Fsp3) is 0.667. The van der Waals surface area contributed by atoms with Gasteiger partial charge in [0.05, 0.1) is 12.7 Å². The van der Waals surface area contributed by atoms with Crippen LogP contribution in [0.5, 0.6) is 5.75 Å². The maximum Gasteiger partial charge on any atom is 0.387 e. The van der Waals surface area contributed by atoms with Gasteiger partial charge in [-0.3, -0.25) is 10.2 Å². The monoisotopic (exact) mass is 360 g/mol. The van der Waals surface area contributed by atoms with E-state index in [1.54, 1.807) is 17.0 Å². The SMILES string of the molecule is CC(NC(c1ccc(OC(F)F)cc1)C1CC1)N1CCCC(F)(F)C1. The molecule has 2 aliphatic rings. The largest absolute Gasteiger partial charge is 0.435 e. The number of nitrogens with one attached hydrogen (secondary N) is 1. The van der Waals surface area contributed by atoms with E-state index in [4.69, 9.17) is 0 Å². The number of piperidine rings is 1. The molecule has 3 rings (SSSR count). The predicted molar refractivity (Wildman–Crippen MR) is 86.9 cm³/mol. The van der Waals surface area contributed by atoms with Crippen LogP contribution >= 0.6 is 0 Å². The minimum absolute atomic E-state index is 0.0335. The minimum Gasteiger partial charge on any atom is -0.435 e. The first-order chi connectivity index (χ1) is 11.8. The standard InChI is InChI=1S/C18H24F4N2O/c1-12(24-10-2-9-18(21,22)11-24)23-16(13-3-4-13)14-5-7-15(8-6-14)25-17(19)20/h5-8,12-13,16-17,23H,2-4,9-11H2,1H3. The molecule has 1 aromatic rings. The highest BCUT2D eigenvalue weighted by Crippen LogP contribution is 2.42. The van der Waals surface area contributed by atoms with E-state index in [0.717, 1.165) is 18.4 Å². The van der Waals surface area contributed by atoms with Gasteiger partial charge in [-0.15, -0.1) is 0 Å². The lowest BCUT2D eigenvalue weighted by molar-refractivity contribution is -0.0779. The van der Waals surface area contributed by atoms with Crippen molar-refractivity contribution in [1.29, 1.82) is 0 Å². The van der Waals surface area contributed by atoms with Gasteiger partial charge in [0.2, 0.25) is 0 Å². The molecule has 3 nitrogen and oxygen atoms in total. The van der Waals surface area contributed by atoms with Gasteiger partial charge in [-0.05, 0) is 49.8 Å². The summed E-state index contributed by atoms with van der Waals surface area (Å²) in [6.45, 7) is -0.503. The average Bonchev–Trinajstić information content (AvgIpc) is 3.36. The van der Waals surface area contributed by atoms with Gasteiger partial charge in [0, 0.05) is 19.0 Å². The van der Waals surface area contributed by atoms with E-state index in [0.29, 0.717) is 18.9 Å². The summed E-state index contributed by atoms with van der Waals surface area (Å²) < 4.78 is 56.2. The lowest BCUT2D eigenvalue weighted by atomic mass is 10.0. The molecule has 1 saturated carbocycles. The van der Waals surface area contributed by atoms with Crippen LogP contribution in [0.25, 0.3) is 0 Å². The molecule has 1 aliphatic heterocycles. The third-order valence-electron chi connectivity index (χ3n) is 4.95. The van der Waals surface area contributed by atoms with Gasteiger partial charge in [0.25, 0.3) is 5.92 Å². The van der Waals surface area contributed by atoms with Crippen LogP contribution in [0, 0.1) is 5.92 Å². The smallest absolute Gasteiger partial charge is 0.387 e. The van der Waals surface area contributed by atoms with Crippen molar-refractivity contribution in [2.24, 2.45) is 5.92 Å². The molecule has 1 heterocycles. The lowest BCUT2D eigenvalue weighted by Gasteiger charge is -2.38. The number of likely N-dealkylation sites (tertiary alicyclic amines) is 1. The summed E-state index contributed by atoms with van der Waals surface area (Å²) in [6.07, 6.45) is 2.43. The van der Waals surface area contributed by atoms with E-state index in [-0.39, 0.29) is 30.9 Å². The van der Waals surface area contributed by atoms with Crippen molar-refractivity contribution in [3.05, 3.63) is 29.8 Å². The Labute approximate surface area is 145 Å². The molecule has 0 bridgehead atoms.